The minimum atomic E-state index is -4.54. The number of anilines is 2. The molecule has 6 nitrogen and oxygen atoms in total. The lowest BCUT2D eigenvalue weighted by Crippen LogP contribution is -2.35. The molecule has 2 heterocycles. The van der Waals surface area contributed by atoms with Gasteiger partial charge in [-0.3, -0.25) is 4.79 Å². The molecule has 1 aliphatic rings. The lowest BCUT2D eigenvalue weighted by atomic mass is 9.97. The summed E-state index contributed by atoms with van der Waals surface area (Å²) in [5, 5.41) is 10.1. The lowest BCUT2D eigenvalue weighted by molar-refractivity contribution is -0.173. The normalized spacial score (nSPS) is 17.9. The molecule has 2 N–H and O–H groups in total. The Morgan fingerprint density at radius 3 is 2.59 bits per heavy atom. The highest BCUT2D eigenvalue weighted by atomic mass is 35.5. The number of nitrogens with one attached hydrogen (secondary N) is 2. The SMILES string of the molecule is COc1ccc([C@@H]2C[C@@H](C(F)(F)F)n3nc(C(=O)Nc4cc(Cl)ccc4C)cc3N2)cc1. The molecule has 0 fully saturated rings. The molecule has 32 heavy (non-hydrogen) atoms. The summed E-state index contributed by atoms with van der Waals surface area (Å²) in [6, 6.07) is 10.6. The van der Waals surface area contributed by atoms with E-state index in [1.54, 1.807) is 49.4 Å². The van der Waals surface area contributed by atoms with Gasteiger partial charge in [-0.15, -0.1) is 0 Å². The van der Waals surface area contributed by atoms with Crippen molar-refractivity contribution in [2.24, 2.45) is 0 Å². The first kappa shape index (κ1) is 22.0. The van der Waals surface area contributed by atoms with Gasteiger partial charge in [0.2, 0.25) is 0 Å². The van der Waals surface area contributed by atoms with Crippen LogP contribution in [0, 0.1) is 6.92 Å². The Balaban J connectivity index is 1.64. The second kappa shape index (κ2) is 8.38. The first-order valence-electron chi connectivity index (χ1n) is 9.80. The smallest absolute Gasteiger partial charge is 0.410 e. The van der Waals surface area contributed by atoms with Crippen molar-refractivity contribution in [3.05, 3.63) is 70.4 Å². The fourth-order valence-corrected chi connectivity index (χ4v) is 3.83. The van der Waals surface area contributed by atoms with Crippen LogP contribution in [0.4, 0.5) is 24.7 Å². The molecule has 0 radical (unpaired) electrons. The first-order chi connectivity index (χ1) is 15.2. The lowest BCUT2D eigenvalue weighted by Gasteiger charge is -2.33. The van der Waals surface area contributed by atoms with E-state index in [9.17, 15) is 18.0 Å². The topological polar surface area (TPSA) is 68.2 Å². The van der Waals surface area contributed by atoms with Crippen LogP contribution in [0.2, 0.25) is 5.02 Å². The van der Waals surface area contributed by atoms with Gasteiger partial charge in [0.05, 0.1) is 13.2 Å². The molecule has 1 aromatic heterocycles. The summed E-state index contributed by atoms with van der Waals surface area (Å²) in [6.45, 7) is 1.78. The molecule has 0 saturated heterocycles. The van der Waals surface area contributed by atoms with E-state index in [0.717, 1.165) is 10.2 Å². The second-order valence-corrected chi connectivity index (χ2v) is 7.97. The van der Waals surface area contributed by atoms with E-state index in [2.05, 4.69) is 15.7 Å². The standard InChI is InChI=1S/C22H20ClF3N4O2/c1-12-3-6-14(23)9-16(12)28-21(31)18-11-20-27-17(13-4-7-15(32-2)8-5-13)10-19(22(24,25)26)30(20)29-18/h3-9,11,17,19,27H,10H2,1-2H3,(H,28,31)/t17-,19-/m0/s1. The molecule has 4 rings (SSSR count). The van der Waals surface area contributed by atoms with Crippen LogP contribution in [0.5, 0.6) is 5.75 Å². The monoisotopic (exact) mass is 464 g/mol. The van der Waals surface area contributed by atoms with Crippen molar-refractivity contribution in [1.29, 1.82) is 0 Å². The number of carbonyl (C=O) groups excluding carboxylic acids is 1. The highest BCUT2D eigenvalue weighted by Crippen LogP contribution is 2.43. The fourth-order valence-electron chi connectivity index (χ4n) is 3.65. The van der Waals surface area contributed by atoms with Gasteiger partial charge in [0.25, 0.3) is 5.91 Å². The molecule has 0 aliphatic carbocycles. The van der Waals surface area contributed by atoms with Gasteiger partial charge in [-0.05, 0) is 42.3 Å². The summed E-state index contributed by atoms with van der Waals surface area (Å²) < 4.78 is 47.5. The van der Waals surface area contributed by atoms with Crippen molar-refractivity contribution >= 4 is 29.0 Å². The van der Waals surface area contributed by atoms with Crippen LogP contribution in [-0.4, -0.2) is 29.0 Å². The van der Waals surface area contributed by atoms with Gasteiger partial charge in [-0.2, -0.15) is 18.3 Å². The van der Waals surface area contributed by atoms with Gasteiger partial charge in [0.15, 0.2) is 11.7 Å². The fraction of sp³-hybridized carbons (Fsp3) is 0.273. The number of aromatic nitrogens is 2. The van der Waals surface area contributed by atoms with Crippen LogP contribution in [0.25, 0.3) is 0 Å². The van der Waals surface area contributed by atoms with Gasteiger partial charge in [0, 0.05) is 23.2 Å². The molecular formula is C22H20ClF3N4O2. The van der Waals surface area contributed by atoms with E-state index in [1.165, 1.54) is 13.2 Å². The molecule has 0 saturated carbocycles. The van der Waals surface area contributed by atoms with Crippen molar-refractivity contribution in [2.45, 2.75) is 31.6 Å². The maximum Gasteiger partial charge on any atom is 0.410 e. The number of amides is 1. The van der Waals surface area contributed by atoms with Crippen LogP contribution in [0.3, 0.4) is 0 Å². The number of rotatable bonds is 4. The minimum Gasteiger partial charge on any atom is -0.497 e. The predicted molar refractivity (Wildman–Crippen MR) is 115 cm³/mol. The molecule has 0 bridgehead atoms. The van der Waals surface area contributed by atoms with Crippen LogP contribution in [0.1, 0.15) is 40.1 Å². The number of methoxy groups -OCH3 is 1. The summed E-state index contributed by atoms with van der Waals surface area (Å²) in [7, 11) is 1.52. The number of carbonyl (C=O) groups is 1. The zero-order chi connectivity index (χ0) is 23.0. The molecular weight excluding hydrogens is 445 g/mol. The molecule has 1 amide bonds. The van der Waals surface area contributed by atoms with Gasteiger partial charge < -0.3 is 15.4 Å². The quantitative estimate of drug-likeness (QED) is 0.514. The maximum atomic E-state index is 13.9. The van der Waals surface area contributed by atoms with Gasteiger partial charge >= 0.3 is 6.18 Å². The number of aryl methyl sites for hydroxylation is 1. The Bertz CT molecular complexity index is 1150. The van der Waals surface area contributed by atoms with Gasteiger partial charge in [0.1, 0.15) is 11.6 Å². The Morgan fingerprint density at radius 1 is 1.22 bits per heavy atom. The highest BCUT2D eigenvalue weighted by Gasteiger charge is 2.46. The Labute approximate surface area is 187 Å². The Morgan fingerprint density at radius 2 is 1.94 bits per heavy atom. The predicted octanol–water partition coefficient (Wildman–Crippen LogP) is 5.77. The Hall–Kier alpha value is -3.20. The van der Waals surface area contributed by atoms with Crippen LogP contribution in [-0.2, 0) is 0 Å². The van der Waals surface area contributed by atoms with Crippen LogP contribution in [0.15, 0.2) is 48.5 Å². The van der Waals surface area contributed by atoms with Crippen molar-refractivity contribution < 1.29 is 22.7 Å². The molecule has 0 unspecified atom stereocenters. The number of hydrogen-bond acceptors (Lipinski definition) is 4. The first-order valence-corrected chi connectivity index (χ1v) is 10.2. The molecule has 1 aliphatic heterocycles. The zero-order valence-electron chi connectivity index (χ0n) is 17.2. The number of alkyl halides is 3. The molecule has 2 atom stereocenters. The number of fused-ring (bicyclic) bond motifs is 1. The number of halogens is 4. The average Bonchev–Trinajstić information content (AvgIpc) is 3.19. The summed E-state index contributed by atoms with van der Waals surface area (Å²) >= 11 is 5.98. The number of hydrogen-bond donors (Lipinski definition) is 2. The van der Waals surface area contributed by atoms with Crippen molar-refractivity contribution in [2.75, 3.05) is 17.7 Å². The van der Waals surface area contributed by atoms with Gasteiger partial charge in [-0.1, -0.05) is 29.8 Å². The van der Waals surface area contributed by atoms with E-state index in [0.29, 0.717) is 22.0 Å². The van der Waals surface area contributed by atoms with Crippen molar-refractivity contribution in [3.8, 4) is 5.75 Å². The molecule has 3 aromatic rings. The Kier molecular flexibility index (Phi) is 5.77. The third-order valence-electron chi connectivity index (χ3n) is 5.39. The molecule has 168 valence electrons. The molecule has 0 spiro atoms. The highest BCUT2D eigenvalue weighted by molar-refractivity contribution is 6.31. The summed E-state index contributed by atoms with van der Waals surface area (Å²) in [4.78, 5) is 12.7. The average molecular weight is 465 g/mol. The third-order valence-corrected chi connectivity index (χ3v) is 5.62. The minimum absolute atomic E-state index is 0.118. The van der Waals surface area contributed by atoms with E-state index in [4.69, 9.17) is 16.3 Å². The van der Waals surface area contributed by atoms with Gasteiger partial charge in [-0.25, -0.2) is 4.68 Å². The van der Waals surface area contributed by atoms with E-state index in [1.807, 2.05) is 0 Å². The maximum absolute atomic E-state index is 13.9. The van der Waals surface area contributed by atoms with Crippen LogP contribution >= 0.6 is 11.6 Å². The second-order valence-electron chi connectivity index (χ2n) is 7.54. The van der Waals surface area contributed by atoms with E-state index >= 15 is 0 Å². The number of benzene rings is 2. The number of nitrogens with zero attached hydrogens (tertiary/aromatic N) is 2. The number of ether oxygens (including phenoxy) is 1. The van der Waals surface area contributed by atoms with Crippen molar-refractivity contribution in [1.82, 2.24) is 9.78 Å². The molecule has 10 heteroatoms. The third kappa shape index (κ3) is 4.38. The van der Waals surface area contributed by atoms with Crippen LogP contribution < -0.4 is 15.4 Å². The zero-order valence-corrected chi connectivity index (χ0v) is 18.0. The summed E-state index contributed by atoms with van der Waals surface area (Å²) in [5.74, 6) is 0.102. The van der Waals surface area contributed by atoms with Crippen molar-refractivity contribution in [3.63, 3.8) is 0 Å². The largest absolute Gasteiger partial charge is 0.497 e. The molecule has 2 aromatic carbocycles. The van der Waals surface area contributed by atoms with E-state index in [-0.39, 0.29) is 17.9 Å². The summed E-state index contributed by atoms with van der Waals surface area (Å²) in [5.41, 5.74) is 1.77. The van der Waals surface area contributed by atoms with E-state index < -0.39 is 24.2 Å². The summed E-state index contributed by atoms with van der Waals surface area (Å²) in [6.07, 6.45) is -4.80.